The Balaban J connectivity index is 2.92. The molecule has 25 heavy (non-hydrogen) atoms. The second-order valence-corrected chi connectivity index (χ2v) is 7.68. The summed E-state index contributed by atoms with van der Waals surface area (Å²) in [5.41, 5.74) is 4.37. The van der Waals surface area contributed by atoms with E-state index in [1.165, 1.54) is 0 Å². The predicted molar refractivity (Wildman–Crippen MR) is 97.5 cm³/mol. The van der Waals surface area contributed by atoms with E-state index in [4.69, 9.17) is 10.5 Å². The monoisotopic (exact) mass is 352 g/mol. The molecule has 0 radical (unpaired) electrons. The molecule has 0 aliphatic carbocycles. The molecular weight excluding hydrogens is 320 g/mol. The second-order valence-electron chi connectivity index (χ2n) is 7.68. The third-order valence-electron chi connectivity index (χ3n) is 4.09. The summed E-state index contributed by atoms with van der Waals surface area (Å²) in [6.07, 6.45) is 2.76. The molecule has 1 aromatic heterocycles. The van der Waals surface area contributed by atoms with Gasteiger partial charge in [0.2, 0.25) is 0 Å². The molecule has 0 fully saturated rings. The maximum absolute atomic E-state index is 11.6. The van der Waals surface area contributed by atoms with Crippen LogP contribution in [0.2, 0.25) is 0 Å². The molecule has 142 valence electrons. The number of pyridine rings is 1. The summed E-state index contributed by atoms with van der Waals surface area (Å²) in [5, 5.41) is 20.1. The highest BCUT2D eigenvalue weighted by molar-refractivity contribution is 5.78. The lowest BCUT2D eigenvalue weighted by Crippen LogP contribution is -2.56. The smallest absolute Gasteiger partial charge is 0.337 e. The van der Waals surface area contributed by atoms with Crippen molar-refractivity contribution in [3.63, 3.8) is 0 Å². The molecule has 0 unspecified atom stereocenters. The Morgan fingerprint density at radius 2 is 1.84 bits per heavy atom. The Morgan fingerprint density at radius 1 is 1.24 bits per heavy atom. The Labute approximate surface area is 150 Å². The van der Waals surface area contributed by atoms with E-state index in [9.17, 15) is 15.0 Å². The lowest BCUT2D eigenvalue weighted by molar-refractivity contribution is -0.161. The third-order valence-corrected chi connectivity index (χ3v) is 4.09. The van der Waals surface area contributed by atoms with Gasteiger partial charge >= 0.3 is 5.97 Å². The first kappa shape index (κ1) is 21.4. The summed E-state index contributed by atoms with van der Waals surface area (Å²) in [7, 11) is 0. The Hall–Kier alpha value is -1.66. The van der Waals surface area contributed by atoms with Crippen molar-refractivity contribution in [2.45, 2.75) is 71.6 Å². The molecule has 0 aromatic carbocycles. The van der Waals surface area contributed by atoms with E-state index >= 15 is 0 Å². The van der Waals surface area contributed by atoms with Crippen molar-refractivity contribution in [3.8, 4) is 5.75 Å². The molecule has 0 bridgehead atoms. The number of carboxylic acid groups (broad SMARTS) is 1. The maximum atomic E-state index is 11.6. The van der Waals surface area contributed by atoms with E-state index in [-0.39, 0.29) is 18.4 Å². The number of hydrogen-bond acceptors (Lipinski definition) is 5. The van der Waals surface area contributed by atoms with Crippen LogP contribution in [-0.4, -0.2) is 38.9 Å². The molecule has 0 spiro atoms. The van der Waals surface area contributed by atoms with Crippen LogP contribution >= 0.6 is 0 Å². The van der Waals surface area contributed by atoms with Crippen molar-refractivity contribution in [1.29, 1.82) is 0 Å². The highest BCUT2D eigenvalue weighted by Crippen LogP contribution is 2.23. The van der Waals surface area contributed by atoms with E-state index in [1.807, 2.05) is 20.8 Å². The zero-order valence-corrected chi connectivity index (χ0v) is 15.9. The van der Waals surface area contributed by atoms with Crippen molar-refractivity contribution >= 4 is 5.97 Å². The Morgan fingerprint density at radius 3 is 2.36 bits per heavy atom. The Kier molecular flexibility index (Phi) is 7.83. The fourth-order valence-electron chi connectivity index (χ4n) is 2.91. The lowest BCUT2D eigenvalue weighted by atomic mass is 9.84. The van der Waals surface area contributed by atoms with Crippen LogP contribution in [0.5, 0.6) is 5.75 Å². The van der Waals surface area contributed by atoms with Gasteiger partial charge in [-0.3, -0.25) is 4.98 Å². The first-order valence-electron chi connectivity index (χ1n) is 8.87. The fraction of sp³-hybridized carbons (Fsp3) is 0.684. The minimum absolute atomic E-state index is 0.0387. The van der Waals surface area contributed by atoms with Crippen LogP contribution < -0.4 is 10.5 Å². The van der Waals surface area contributed by atoms with Crippen LogP contribution in [0.3, 0.4) is 0 Å². The van der Waals surface area contributed by atoms with Crippen LogP contribution in [0.15, 0.2) is 18.3 Å². The number of rotatable bonds is 10. The summed E-state index contributed by atoms with van der Waals surface area (Å²) in [6.45, 7) is 10.1. The average molecular weight is 352 g/mol. The molecule has 1 aromatic rings. The van der Waals surface area contributed by atoms with Crippen molar-refractivity contribution in [2.24, 2.45) is 17.6 Å². The molecule has 4 N–H and O–H groups in total. The summed E-state index contributed by atoms with van der Waals surface area (Å²) >= 11 is 0. The number of aliphatic hydroxyl groups is 1. The van der Waals surface area contributed by atoms with Crippen LogP contribution in [0, 0.1) is 11.8 Å². The number of carbonyl (C=O) groups is 1. The second kappa shape index (κ2) is 9.15. The largest absolute Gasteiger partial charge is 0.491 e. The molecule has 3 atom stereocenters. The van der Waals surface area contributed by atoms with Gasteiger partial charge in [-0.15, -0.1) is 0 Å². The Bertz CT molecular complexity index is 562. The predicted octanol–water partition coefficient (Wildman–Crippen LogP) is 2.63. The third kappa shape index (κ3) is 6.63. The quantitative estimate of drug-likeness (QED) is 0.598. The van der Waals surface area contributed by atoms with Gasteiger partial charge in [-0.05, 0) is 37.7 Å². The molecular formula is C19H32N2O4. The number of nitrogens with two attached hydrogens (primary N) is 1. The zero-order valence-electron chi connectivity index (χ0n) is 15.9. The average Bonchev–Trinajstić information content (AvgIpc) is 2.45. The highest BCUT2D eigenvalue weighted by atomic mass is 16.5. The SMILES string of the molecule is CC(C)C[C@@H](C)Oc1ccnc(C[C@](O)(C(=O)O)[C@@H](N)CC(C)C)c1. The van der Waals surface area contributed by atoms with Gasteiger partial charge in [0.1, 0.15) is 5.75 Å². The molecule has 1 heterocycles. The zero-order chi connectivity index (χ0) is 19.2. The number of ether oxygens (including phenoxy) is 1. The minimum atomic E-state index is -2.06. The summed E-state index contributed by atoms with van der Waals surface area (Å²) < 4.78 is 5.87. The topological polar surface area (TPSA) is 106 Å². The molecule has 0 saturated carbocycles. The molecule has 0 saturated heterocycles. The van der Waals surface area contributed by atoms with Crippen molar-refractivity contribution in [1.82, 2.24) is 4.98 Å². The maximum Gasteiger partial charge on any atom is 0.337 e. The van der Waals surface area contributed by atoms with E-state index in [0.717, 1.165) is 6.42 Å². The summed E-state index contributed by atoms with van der Waals surface area (Å²) in [4.78, 5) is 15.8. The number of carboxylic acids is 1. The molecule has 6 nitrogen and oxygen atoms in total. The number of aromatic nitrogens is 1. The van der Waals surface area contributed by atoms with Crippen LogP contribution in [0.25, 0.3) is 0 Å². The first-order valence-corrected chi connectivity index (χ1v) is 8.87. The van der Waals surface area contributed by atoms with Gasteiger partial charge in [0.25, 0.3) is 0 Å². The van der Waals surface area contributed by atoms with Crippen molar-refractivity contribution < 1.29 is 19.7 Å². The summed E-state index contributed by atoms with van der Waals surface area (Å²) in [5.74, 6) is -0.0203. The van der Waals surface area contributed by atoms with E-state index in [1.54, 1.807) is 18.3 Å². The van der Waals surface area contributed by atoms with Gasteiger partial charge in [0.15, 0.2) is 5.60 Å². The summed E-state index contributed by atoms with van der Waals surface area (Å²) in [6, 6.07) is 2.53. The normalized spacial score (nSPS) is 16.5. The van der Waals surface area contributed by atoms with E-state index in [2.05, 4.69) is 18.8 Å². The van der Waals surface area contributed by atoms with Gasteiger partial charge in [0, 0.05) is 30.4 Å². The number of hydrogen-bond donors (Lipinski definition) is 3. The molecule has 0 amide bonds. The van der Waals surface area contributed by atoms with Crippen LogP contribution in [0.4, 0.5) is 0 Å². The van der Waals surface area contributed by atoms with E-state index in [0.29, 0.717) is 23.8 Å². The lowest BCUT2D eigenvalue weighted by Gasteiger charge is -2.30. The van der Waals surface area contributed by atoms with Crippen molar-refractivity contribution in [3.05, 3.63) is 24.0 Å². The molecule has 6 heteroatoms. The number of nitrogens with zero attached hydrogens (tertiary/aromatic N) is 1. The van der Waals surface area contributed by atoms with E-state index < -0.39 is 17.6 Å². The van der Waals surface area contributed by atoms with Crippen LogP contribution in [-0.2, 0) is 11.2 Å². The van der Waals surface area contributed by atoms with Gasteiger partial charge in [0.05, 0.1) is 6.10 Å². The number of aliphatic carboxylic acids is 1. The highest BCUT2D eigenvalue weighted by Gasteiger charge is 2.43. The van der Waals surface area contributed by atoms with Gasteiger partial charge < -0.3 is 20.7 Å². The molecule has 0 aliphatic rings. The van der Waals surface area contributed by atoms with Gasteiger partial charge in [-0.25, -0.2) is 4.79 Å². The van der Waals surface area contributed by atoms with Gasteiger partial charge in [-0.2, -0.15) is 0 Å². The fourth-order valence-corrected chi connectivity index (χ4v) is 2.91. The first-order chi connectivity index (χ1) is 11.5. The minimum Gasteiger partial charge on any atom is -0.491 e. The van der Waals surface area contributed by atoms with Crippen molar-refractivity contribution in [2.75, 3.05) is 0 Å². The standard InChI is InChI=1S/C19H32N2O4/c1-12(2)8-14(5)25-16-6-7-21-15(10-16)11-19(24,18(22)23)17(20)9-13(3)4/h6-7,10,12-14,17,24H,8-9,11,20H2,1-5H3,(H,22,23)/t14-,17+,19-/m1/s1. The molecule has 1 rings (SSSR count). The van der Waals surface area contributed by atoms with Crippen LogP contribution in [0.1, 0.15) is 53.2 Å². The molecule has 0 aliphatic heterocycles. The van der Waals surface area contributed by atoms with Gasteiger partial charge in [-0.1, -0.05) is 27.7 Å².